The molecule has 3 rings (SSSR count). The molecule has 1 amide bonds. The van der Waals surface area contributed by atoms with E-state index in [0.29, 0.717) is 6.54 Å². The second-order valence-corrected chi connectivity index (χ2v) is 6.16. The summed E-state index contributed by atoms with van der Waals surface area (Å²) in [5, 5.41) is 0. The van der Waals surface area contributed by atoms with Crippen LogP contribution in [0.1, 0.15) is 17.0 Å². The molecule has 0 radical (unpaired) electrons. The smallest absolute Gasteiger partial charge is 0.336 e. The lowest BCUT2D eigenvalue weighted by Gasteiger charge is -2.23. The van der Waals surface area contributed by atoms with Crippen LogP contribution < -0.4 is 5.73 Å². The van der Waals surface area contributed by atoms with Gasteiger partial charge in [0.05, 0.1) is 0 Å². The fourth-order valence-electron chi connectivity index (χ4n) is 3.32. The Kier molecular flexibility index (Phi) is 6.14. The van der Waals surface area contributed by atoms with E-state index in [-0.39, 0.29) is 42.9 Å². The van der Waals surface area contributed by atoms with Crippen molar-refractivity contribution in [1.82, 2.24) is 4.90 Å². The largest absolute Gasteiger partial charge is 0.349 e. The number of alkyl halides is 2. The zero-order valence-corrected chi connectivity index (χ0v) is 14.5. The molecule has 2 N–H and O–H groups in total. The van der Waals surface area contributed by atoms with Gasteiger partial charge in [-0.15, -0.1) is 12.4 Å². The van der Waals surface area contributed by atoms with Gasteiger partial charge in [-0.3, -0.25) is 4.79 Å². The summed E-state index contributed by atoms with van der Waals surface area (Å²) in [5.41, 5.74) is 6.58. The number of hydrogen-bond acceptors (Lipinski definition) is 2. The zero-order chi connectivity index (χ0) is 17.2. The molecular formula is C19H21ClF2N2O. The standard InChI is InChI=1S/C19H20F2N2O.ClH/c20-19(21,16-9-5-2-6-10-16)18(24)23-12-15(11-22)17(13-23)14-7-3-1-4-8-14;/h1-10,15,17H,11-13,22H2;1H/t15-,17+;/m1./s1. The summed E-state index contributed by atoms with van der Waals surface area (Å²) in [5.74, 6) is -4.69. The summed E-state index contributed by atoms with van der Waals surface area (Å²) in [6.07, 6.45) is 0. The van der Waals surface area contributed by atoms with E-state index in [2.05, 4.69) is 0 Å². The number of hydrogen-bond donors (Lipinski definition) is 1. The first kappa shape index (κ1) is 19.3. The van der Waals surface area contributed by atoms with Crippen molar-refractivity contribution in [1.29, 1.82) is 0 Å². The van der Waals surface area contributed by atoms with E-state index in [0.717, 1.165) is 5.56 Å². The van der Waals surface area contributed by atoms with Crippen molar-refractivity contribution in [2.24, 2.45) is 11.7 Å². The zero-order valence-electron chi connectivity index (χ0n) is 13.6. The lowest BCUT2D eigenvalue weighted by Crippen LogP contribution is -2.41. The van der Waals surface area contributed by atoms with Crippen molar-refractivity contribution in [3.63, 3.8) is 0 Å². The molecule has 2 aromatic carbocycles. The number of likely N-dealkylation sites (tertiary alicyclic amines) is 1. The van der Waals surface area contributed by atoms with Crippen molar-refractivity contribution in [2.45, 2.75) is 11.8 Å². The minimum absolute atomic E-state index is 0. The summed E-state index contributed by atoms with van der Waals surface area (Å²) < 4.78 is 29.1. The molecule has 1 heterocycles. The highest BCUT2D eigenvalue weighted by Gasteiger charge is 2.47. The van der Waals surface area contributed by atoms with Gasteiger partial charge in [0.2, 0.25) is 0 Å². The number of nitrogens with zero attached hydrogens (tertiary/aromatic N) is 1. The summed E-state index contributed by atoms with van der Waals surface area (Å²) in [6, 6.07) is 16.9. The van der Waals surface area contributed by atoms with Gasteiger partial charge in [-0.05, 0) is 18.0 Å². The van der Waals surface area contributed by atoms with Gasteiger partial charge in [0, 0.05) is 24.6 Å². The Bertz CT molecular complexity index is 697. The monoisotopic (exact) mass is 366 g/mol. The first-order valence-corrected chi connectivity index (χ1v) is 8.01. The lowest BCUT2D eigenvalue weighted by molar-refractivity contribution is -0.158. The average Bonchev–Trinajstić information content (AvgIpc) is 3.06. The number of carbonyl (C=O) groups excluding carboxylic acids is 1. The van der Waals surface area contributed by atoms with Crippen LogP contribution in [-0.2, 0) is 10.7 Å². The first-order valence-electron chi connectivity index (χ1n) is 8.01. The SMILES string of the molecule is Cl.NC[C@@H]1CN(C(=O)C(F)(F)c2ccccc2)C[C@H]1c1ccccc1. The molecular weight excluding hydrogens is 346 g/mol. The van der Waals surface area contributed by atoms with E-state index in [1.165, 1.54) is 29.2 Å². The molecule has 0 aliphatic carbocycles. The molecule has 2 aromatic rings. The Morgan fingerprint density at radius 2 is 1.60 bits per heavy atom. The number of benzene rings is 2. The summed E-state index contributed by atoms with van der Waals surface area (Å²) in [4.78, 5) is 13.7. The molecule has 0 saturated carbocycles. The van der Waals surface area contributed by atoms with E-state index in [1.54, 1.807) is 6.07 Å². The average molecular weight is 367 g/mol. The lowest BCUT2D eigenvalue weighted by atomic mass is 9.89. The van der Waals surface area contributed by atoms with Crippen LogP contribution in [0, 0.1) is 5.92 Å². The predicted molar refractivity (Wildman–Crippen MR) is 95.9 cm³/mol. The van der Waals surface area contributed by atoms with Crippen molar-refractivity contribution in [3.8, 4) is 0 Å². The van der Waals surface area contributed by atoms with Crippen molar-refractivity contribution in [2.75, 3.05) is 19.6 Å². The predicted octanol–water partition coefficient (Wildman–Crippen LogP) is 3.40. The Morgan fingerprint density at radius 3 is 2.16 bits per heavy atom. The second kappa shape index (κ2) is 7.93. The highest BCUT2D eigenvalue weighted by molar-refractivity contribution is 5.85. The molecule has 2 atom stereocenters. The van der Waals surface area contributed by atoms with Gasteiger partial charge in [0.25, 0.3) is 5.91 Å². The van der Waals surface area contributed by atoms with Crippen LogP contribution in [0.3, 0.4) is 0 Å². The van der Waals surface area contributed by atoms with E-state index < -0.39 is 11.8 Å². The van der Waals surface area contributed by atoms with Crippen molar-refractivity contribution >= 4 is 18.3 Å². The minimum Gasteiger partial charge on any atom is -0.336 e. The van der Waals surface area contributed by atoms with E-state index in [9.17, 15) is 13.6 Å². The van der Waals surface area contributed by atoms with Crippen LogP contribution in [0.2, 0.25) is 0 Å². The molecule has 6 heteroatoms. The first-order chi connectivity index (χ1) is 11.5. The van der Waals surface area contributed by atoms with Crippen LogP contribution in [0.5, 0.6) is 0 Å². The van der Waals surface area contributed by atoms with Crippen LogP contribution >= 0.6 is 12.4 Å². The normalized spacial score (nSPS) is 20.2. The molecule has 134 valence electrons. The van der Waals surface area contributed by atoms with E-state index in [1.807, 2.05) is 30.3 Å². The number of amides is 1. The molecule has 0 spiro atoms. The van der Waals surface area contributed by atoms with Crippen LogP contribution in [0.25, 0.3) is 0 Å². The van der Waals surface area contributed by atoms with Gasteiger partial charge in [-0.2, -0.15) is 8.78 Å². The molecule has 0 unspecified atom stereocenters. The van der Waals surface area contributed by atoms with Gasteiger partial charge in [0.15, 0.2) is 0 Å². The summed E-state index contributed by atoms with van der Waals surface area (Å²) >= 11 is 0. The van der Waals surface area contributed by atoms with E-state index >= 15 is 0 Å². The fraction of sp³-hybridized carbons (Fsp3) is 0.316. The maximum absolute atomic E-state index is 14.5. The third kappa shape index (κ3) is 3.83. The molecule has 1 fully saturated rings. The third-order valence-corrected chi connectivity index (χ3v) is 4.66. The van der Waals surface area contributed by atoms with Crippen molar-refractivity contribution in [3.05, 3.63) is 71.8 Å². The maximum atomic E-state index is 14.5. The Hall–Kier alpha value is -1.98. The maximum Gasteiger partial charge on any atom is 0.349 e. The van der Waals surface area contributed by atoms with Crippen molar-refractivity contribution < 1.29 is 13.6 Å². The summed E-state index contributed by atoms with van der Waals surface area (Å²) in [6.45, 7) is 0.894. The molecule has 1 aliphatic heterocycles. The van der Waals surface area contributed by atoms with Gasteiger partial charge in [0.1, 0.15) is 0 Å². The molecule has 1 aliphatic rings. The molecule has 3 nitrogen and oxygen atoms in total. The highest BCUT2D eigenvalue weighted by Crippen LogP contribution is 2.37. The van der Waals surface area contributed by atoms with Gasteiger partial charge in [-0.1, -0.05) is 60.7 Å². The quantitative estimate of drug-likeness (QED) is 0.901. The van der Waals surface area contributed by atoms with Crippen LogP contribution in [0.4, 0.5) is 8.78 Å². The van der Waals surface area contributed by atoms with Crippen LogP contribution in [0.15, 0.2) is 60.7 Å². The van der Waals surface area contributed by atoms with Gasteiger partial charge in [-0.25, -0.2) is 0 Å². The number of rotatable bonds is 4. The number of halogens is 3. The second-order valence-electron chi connectivity index (χ2n) is 6.16. The fourth-order valence-corrected chi connectivity index (χ4v) is 3.32. The Morgan fingerprint density at radius 1 is 1.04 bits per heavy atom. The Labute approximate surface area is 152 Å². The van der Waals surface area contributed by atoms with Gasteiger partial charge >= 0.3 is 5.92 Å². The molecule has 1 saturated heterocycles. The molecule has 25 heavy (non-hydrogen) atoms. The topological polar surface area (TPSA) is 46.3 Å². The van der Waals surface area contributed by atoms with E-state index in [4.69, 9.17) is 5.73 Å². The highest BCUT2D eigenvalue weighted by atomic mass is 35.5. The summed E-state index contributed by atoms with van der Waals surface area (Å²) in [7, 11) is 0. The van der Waals surface area contributed by atoms with Gasteiger partial charge < -0.3 is 10.6 Å². The molecule has 0 aromatic heterocycles. The van der Waals surface area contributed by atoms with Crippen LogP contribution in [-0.4, -0.2) is 30.4 Å². The number of carbonyl (C=O) groups is 1. The minimum atomic E-state index is -3.52. The third-order valence-electron chi connectivity index (χ3n) is 4.66. The molecule has 0 bridgehead atoms. The number of nitrogens with two attached hydrogens (primary N) is 1. The Balaban J connectivity index is 0.00000225.